The van der Waals surface area contributed by atoms with E-state index in [-0.39, 0.29) is 0 Å². The molecule has 1 aromatic rings. The van der Waals surface area contributed by atoms with Gasteiger partial charge in [-0.05, 0) is 63.0 Å². The van der Waals surface area contributed by atoms with Crippen LogP contribution in [0.5, 0.6) is 0 Å². The molecule has 1 heterocycles. The molecular formula is C16H27N3. The molecule has 0 radical (unpaired) electrons. The van der Waals surface area contributed by atoms with E-state index in [1.165, 1.54) is 50.8 Å². The second-order valence-corrected chi connectivity index (χ2v) is 5.51. The van der Waals surface area contributed by atoms with Crippen LogP contribution in [0.1, 0.15) is 44.6 Å². The minimum Gasteiger partial charge on any atom is -0.314 e. The van der Waals surface area contributed by atoms with Crippen molar-refractivity contribution in [3.8, 4) is 0 Å². The fourth-order valence-corrected chi connectivity index (χ4v) is 2.33. The van der Waals surface area contributed by atoms with Gasteiger partial charge in [0.1, 0.15) is 0 Å². The summed E-state index contributed by atoms with van der Waals surface area (Å²) in [5.74, 6) is 0. The van der Waals surface area contributed by atoms with E-state index < -0.39 is 0 Å². The number of unbranched alkanes of at least 4 members (excludes halogenated alkanes) is 2. The van der Waals surface area contributed by atoms with E-state index in [0.717, 1.165) is 19.1 Å². The number of rotatable bonds is 10. The van der Waals surface area contributed by atoms with Crippen LogP contribution < -0.4 is 5.32 Å². The summed E-state index contributed by atoms with van der Waals surface area (Å²) in [6, 6.07) is 5.09. The number of hydrogen-bond donors (Lipinski definition) is 1. The fourth-order valence-electron chi connectivity index (χ4n) is 2.33. The van der Waals surface area contributed by atoms with E-state index in [1.807, 2.05) is 12.4 Å². The highest BCUT2D eigenvalue weighted by atomic mass is 15.1. The largest absolute Gasteiger partial charge is 0.314 e. The normalized spacial score (nSPS) is 15.1. The molecule has 0 unspecified atom stereocenters. The Morgan fingerprint density at radius 2 is 2.00 bits per heavy atom. The Labute approximate surface area is 117 Å². The van der Waals surface area contributed by atoms with E-state index in [1.54, 1.807) is 0 Å². The number of nitrogens with one attached hydrogen (secondary N) is 1. The SMILES string of the molecule is CCN(CCCCCNC1CC1)Cc1ccncc1. The van der Waals surface area contributed by atoms with E-state index in [9.17, 15) is 0 Å². The van der Waals surface area contributed by atoms with Crippen molar-refractivity contribution in [1.29, 1.82) is 0 Å². The summed E-state index contributed by atoms with van der Waals surface area (Å²) in [6.07, 6.45) is 10.5. The molecule has 1 N–H and O–H groups in total. The second kappa shape index (κ2) is 8.28. The predicted octanol–water partition coefficient (Wildman–Crippen LogP) is 2.83. The summed E-state index contributed by atoms with van der Waals surface area (Å²) >= 11 is 0. The van der Waals surface area contributed by atoms with Gasteiger partial charge in [-0.1, -0.05) is 13.3 Å². The molecule has 3 heteroatoms. The standard InChI is InChI=1S/C16H27N3/c1-2-19(14-15-8-11-17-12-9-15)13-5-3-4-10-18-16-6-7-16/h8-9,11-12,16,18H,2-7,10,13-14H2,1H3. The molecule has 1 aromatic heterocycles. The van der Waals surface area contributed by atoms with Crippen molar-refractivity contribution in [2.24, 2.45) is 0 Å². The Morgan fingerprint density at radius 1 is 1.21 bits per heavy atom. The zero-order valence-electron chi connectivity index (χ0n) is 12.1. The fraction of sp³-hybridized carbons (Fsp3) is 0.688. The van der Waals surface area contributed by atoms with E-state index >= 15 is 0 Å². The second-order valence-electron chi connectivity index (χ2n) is 5.51. The first kappa shape index (κ1) is 14.5. The lowest BCUT2D eigenvalue weighted by Crippen LogP contribution is -2.24. The van der Waals surface area contributed by atoms with Gasteiger partial charge in [-0.25, -0.2) is 0 Å². The summed E-state index contributed by atoms with van der Waals surface area (Å²) in [5, 5.41) is 3.58. The molecule has 0 amide bonds. The molecule has 2 rings (SSSR count). The van der Waals surface area contributed by atoms with Crippen LogP contribution in [0, 0.1) is 0 Å². The number of pyridine rings is 1. The lowest BCUT2D eigenvalue weighted by atomic mass is 10.2. The van der Waals surface area contributed by atoms with Crippen molar-refractivity contribution in [3.63, 3.8) is 0 Å². The van der Waals surface area contributed by atoms with E-state index in [2.05, 4.69) is 34.3 Å². The average Bonchev–Trinajstić information content (AvgIpc) is 3.26. The minimum atomic E-state index is 0.860. The van der Waals surface area contributed by atoms with Crippen LogP contribution in [-0.4, -0.2) is 35.6 Å². The van der Waals surface area contributed by atoms with Gasteiger partial charge in [-0.15, -0.1) is 0 Å². The van der Waals surface area contributed by atoms with Gasteiger partial charge >= 0.3 is 0 Å². The molecule has 1 aliphatic carbocycles. The monoisotopic (exact) mass is 261 g/mol. The Balaban J connectivity index is 1.54. The molecule has 3 nitrogen and oxygen atoms in total. The Morgan fingerprint density at radius 3 is 2.68 bits per heavy atom. The molecule has 1 fully saturated rings. The Hall–Kier alpha value is -0.930. The van der Waals surface area contributed by atoms with Gasteiger partial charge in [-0.2, -0.15) is 0 Å². The highest BCUT2D eigenvalue weighted by molar-refractivity contribution is 5.09. The van der Waals surface area contributed by atoms with Crippen LogP contribution in [0.25, 0.3) is 0 Å². The molecule has 106 valence electrons. The first-order valence-electron chi connectivity index (χ1n) is 7.73. The van der Waals surface area contributed by atoms with Crippen molar-refractivity contribution in [1.82, 2.24) is 15.2 Å². The quantitative estimate of drug-likeness (QED) is 0.656. The summed E-state index contributed by atoms with van der Waals surface area (Å²) < 4.78 is 0. The van der Waals surface area contributed by atoms with E-state index in [4.69, 9.17) is 0 Å². The first-order chi connectivity index (χ1) is 9.38. The summed E-state index contributed by atoms with van der Waals surface area (Å²) in [6.45, 7) is 6.85. The Kier molecular flexibility index (Phi) is 6.31. The van der Waals surface area contributed by atoms with E-state index in [0.29, 0.717) is 0 Å². The van der Waals surface area contributed by atoms with Gasteiger partial charge in [0.25, 0.3) is 0 Å². The minimum absolute atomic E-state index is 0.860. The maximum atomic E-state index is 4.07. The third kappa shape index (κ3) is 6.17. The molecule has 1 aliphatic rings. The molecule has 1 saturated carbocycles. The lowest BCUT2D eigenvalue weighted by molar-refractivity contribution is 0.272. The molecule has 0 saturated heterocycles. The van der Waals surface area contributed by atoms with Gasteiger partial charge in [-0.3, -0.25) is 9.88 Å². The van der Waals surface area contributed by atoms with Crippen molar-refractivity contribution in [3.05, 3.63) is 30.1 Å². The summed E-state index contributed by atoms with van der Waals surface area (Å²) in [5.41, 5.74) is 1.37. The Bertz CT molecular complexity index is 335. The van der Waals surface area contributed by atoms with Crippen molar-refractivity contribution in [2.45, 2.75) is 51.6 Å². The van der Waals surface area contributed by atoms with Gasteiger partial charge in [0, 0.05) is 25.0 Å². The molecule has 0 aromatic carbocycles. The maximum absolute atomic E-state index is 4.07. The smallest absolute Gasteiger partial charge is 0.0271 e. The van der Waals surface area contributed by atoms with Crippen LogP contribution in [-0.2, 0) is 6.54 Å². The zero-order valence-corrected chi connectivity index (χ0v) is 12.1. The zero-order chi connectivity index (χ0) is 13.3. The van der Waals surface area contributed by atoms with Gasteiger partial charge in [0.05, 0.1) is 0 Å². The molecule has 0 atom stereocenters. The van der Waals surface area contributed by atoms with Crippen LogP contribution in [0.3, 0.4) is 0 Å². The molecular weight excluding hydrogens is 234 g/mol. The van der Waals surface area contributed by atoms with Crippen LogP contribution >= 0.6 is 0 Å². The topological polar surface area (TPSA) is 28.2 Å². The third-order valence-corrected chi connectivity index (χ3v) is 3.76. The number of aromatic nitrogens is 1. The average molecular weight is 261 g/mol. The van der Waals surface area contributed by atoms with Crippen LogP contribution in [0.15, 0.2) is 24.5 Å². The van der Waals surface area contributed by atoms with Crippen molar-refractivity contribution in [2.75, 3.05) is 19.6 Å². The molecule has 0 spiro atoms. The lowest BCUT2D eigenvalue weighted by Gasteiger charge is -2.20. The summed E-state index contributed by atoms with van der Waals surface area (Å²) in [4.78, 5) is 6.59. The first-order valence-corrected chi connectivity index (χ1v) is 7.73. The van der Waals surface area contributed by atoms with Gasteiger partial charge in [0.15, 0.2) is 0 Å². The molecule has 0 aliphatic heterocycles. The van der Waals surface area contributed by atoms with Crippen LogP contribution in [0.4, 0.5) is 0 Å². The molecule has 19 heavy (non-hydrogen) atoms. The number of nitrogens with zero attached hydrogens (tertiary/aromatic N) is 2. The number of hydrogen-bond acceptors (Lipinski definition) is 3. The highest BCUT2D eigenvalue weighted by Crippen LogP contribution is 2.18. The molecule has 0 bridgehead atoms. The van der Waals surface area contributed by atoms with Gasteiger partial charge in [0.2, 0.25) is 0 Å². The van der Waals surface area contributed by atoms with Crippen LogP contribution in [0.2, 0.25) is 0 Å². The maximum Gasteiger partial charge on any atom is 0.0271 e. The van der Waals surface area contributed by atoms with Gasteiger partial charge < -0.3 is 5.32 Å². The predicted molar refractivity (Wildman–Crippen MR) is 80.1 cm³/mol. The van der Waals surface area contributed by atoms with Crippen molar-refractivity contribution < 1.29 is 0 Å². The summed E-state index contributed by atoms with van der Waals surface area (Å²) in [7, 11) is 0. The third-order valence-electron chi connectivity index (χ3n) is 3.76. The van der Waals surface area contributed by atoms with Crippen molar-refractivity contribution >= 4 is 0 Å². The highest BCUT2D eigenvalue weighted by Gasteiger charge is 2.19.